The van der Waals surface area contributed by atoms with Crippen molar-refractivity contribution in [2.45, 2.75) is 38.5 Å². The summed E-state index contributed by atoms with van der Waals surface area (Å²) in [5.41, 5.74) is -0.690. The van der Waals surface area contributed by atoms with E-state index < -0.39 is 29.8 Å². The normalized spacial score (nSPS) is 24.2. The number of amides is 1. The van der Waals surface area contributed by atoms with Gasteiger partial charge < -0.3 is 14.6 Å². The van der Waals surface area contributed by atoms with E-state index in [1.54, 1.807) is 20.8 Å². The quantitative estimate of drug-likeness (QED) is 0.698. The molecule has 1 rings (SSSR count). The van der Waals surface area contributed by atoms with Crippen molar-refractivity contribution in [1.82, 2.24) is 4.90 Å². The van der Waals surface area contributed by atoms with Crippen LogP contribution in [-0.4, -0.2) is 53.0 Å². The molecule has 0 aromatic rings. The first kappa shape index (κ1) is 14.3. The van der Waals surface area contributed by atoms with Gasteiger partial charge >= 0.3 is 12.1 Å². The Morgan fingerprint density at radius 3 is 2.56 bits per heavy atom. The number of aliphatic carboxylic acids is 1. The monoisotopic (exact) mass is 255 g/mol. The highest BCUT2D eigenvalue weighted by molar-refractivity contribution is 5.80. The molecule has 0 bridgehead atoms. The Hall–Kier alpha value is -1.74. The minimum atomic E-state index is -1.14. The van der Waals surface area contributed by atoms with Crippen LogP contribution in [0.1, 0.15) is 20.8 Å². The number of nitrogens with zero attached hydrogens (tertiary/aromatic N) is 1. The highest BCUT2D eigenvalue weighted by Crippen LogP contribution is 2.17. The molecule has 6 nitrogen and oxygen atoms in total. The van der Waals surface area contributed by atoms with Crippen molar-refractivity contribution in [2.24, 2.45) is 0 Å². The van der Waals surface area contributed by atoms with Gasteiger partial charge in [-0.3, -0.25) is 4.90 Å². The molecule has 1 fully saturated rings. The molecule has 1 aliphatic rings. The molecule has 1 heterocycles. The summed E-state index contributed by atoms with van der Waals surface area (Å²) < 4.78 is 10.3. The average molecular weight is 255 g/mol. The lowest BCUT2D eigenvalue weighted by Crippen LogP contribution is -2.56. The standard InChI is InChI=1S/C12H17NO5/c1-5-8-6-13(9(7-17-8)10(14)15)11(16)18-12(2,3)4/h1,8-9H,6-7H2,2-4H3,(H,14,15). The minimum Gasteiger partial charge on any atom is -0.480 e. The Kier molecular flexibility index (Phi) is 4.19. The predicted octanol–water partition coefficient (Wildman–Crippen LogP) is 0.709. The van der Waals surface area contributed by atoms with Gasteiger partial charge in [-0.1, -0.05) is 5.92 Å². The third kappa shape index (κ3) is 3.64. The first-order chi connectivity index (χ1) is 8.24. The lowest BCUT2D eigenvalue weighted by atomic mass is 10.2. The maximum absolute atomic E-state index is 11.9. The fraction of sp³-hybridized carbons (Fsp3) is 0.667. The smallest absolute Gasteiger partial charge is 0.411 e. The Labute approximate surface area is 106 Å². The number of hydrogen-bond donors (Lipinski definition) is 1. The van der Waals surface area contributed by atoms with Gasteiger partial charge in [0, 0.05) is 0 Å². The van der Waals surface area contributed by atoms with E-state index in [4.69, 9.17) is 21.0 Å². The van der Waals surface area contributed by atoms with Crippen LogP contribution in [0.5, 0.6) is 0 Å². The van der Waals surface area contributed by atoms with E-state index in [0.29, 0.717) is 0 Å². The number of ether oxygens (including phenoxy) is 2. The summed E-state index contributed by atoms with van der Waals surface area (Å²) in [6, 6.07) is -1.07. The maximum Gasteiger partial charge on any atom is 0.411 e. The van der Waals surface area contributed by atoms with E-state index in [0.717, 1.165) is 4.90 Å². The average Bonchev–Trinajstić information content (AvgIpc) is 2.25. The number of hydrogen-bond acceptors (Lipinski definition) is 4. The van der Waals surface area contributed by atoms with E-state index >= 15 is 0 Å². The summed E-state index contributed by atoms with van der Waals surface area (Å²) in [7, 11) is 0. The molecular weight excluding hydrogens is 238 g/mol. The number of terminal acetylenes is 1. The first-order valence-electron chi connectivity index (χ1n) is 5.55. The van der Waals surface area contributed by atoms with Gasteiger partial charge in [0.1, 0.15) is 11.7 Å². The van der Waals surface area contributed by atoms with Crippen LogP contribution in [0.4, 0.5) is 4.79 Å². The highest BCUT2D eigenvalue weighted by atomic mass is 16.6. The maximum atomic E-state index is 11.9. The van der Waals surface area contributed by atoms with Crippen LogP contribution >= 0.6 is 0 Å². The van der Waals surface area contributed by atoms with E-state index in [-0.39, 0.29) is 13.2 Å². The van der Waals surface area contributed by atoms with Crippen molar-refractivity contribution < 1.29 is 24.2 Å². The van der Waals surface area contributed by atoms with Crippen molar-refractivity contribution in [3.05, 3.63) is 0 Å². The number of rotatable bonds is 1. The summed E-state index contributed by atoms with van der Waals surface area (Å²) in [4.78, 5) is 24.1. The SMILES string of the molecule is C#CC1CN(C(=O)OC(C)(C)C)C(C(=O)O)CO1. The van der Waals surface area contributed by atoms with E-state index in [2.05, 4.69) is 5.92 Å². The lowest BCUT2D eigenvalue weighted by molar-refractivity contribution is -0.150. The largest absolute Gasteiger partial charge is 0.480 e. The zero-order valence-corrected chi connectivity index (χ0v) is 10.7. The molecule has 0 saturated carbocycles. The van der Waals surface area contributed by atoms with Crippen LogP contribution in [0.3, 0.4) is 0 Å². The van der Waals surface area contributed by atoms with Crippen molar-refractivity contribution in [3.8, 4) is 12.3 Å². The van der Waals surface area contributed by atoms with Crippen LogP contribution in [0.15, 0.2) is 0 Å². The molecule has 1 aliphatic heterocycles. The number of carbonyl (C=O) groups excluding carboxylic acids is 1. The van der Waals surface area contributed by atoms with Gasteiger partial charge in [-0.2, -0.15) is 0 Å². The van der Waals surface area contributed by atoms with Crippen LogP contribution in [0.25, 0.3) is 0 Å². The molecular formula is C12H17NO5. The van der Waals surface area contributed by atoms with Gasteiger partial charge in [-0.15, -0.1) is 6.42 Å². The zero-order chi connectivity index (χ0) is 13.9. The molecule has 100 valence electrons. The van der Waals surface area contributed by atoms with Gasteiger partial charge in [0.25, 0.3) is 0 Å². The Morgan fingerprint density at radius 2 is 2.11 bits per heavy atom. The van der Waals surface area contributed by atoms with Crippen LogP contribution in [0, 0.1) is 12.3 Å². The number of carboxylic acids is 1. The molecule has 1 saturated heterocycles. The van der Waals surface area contributed by atoms with Gasteiger partial charge in [-0.05, 0) is 20.8 Å². The molecule has 2 unspecified atom stereocenters. The second kappa shape index (κ2) is 5.27. The van der Waals surface area contributed by atoms with Crippen molar-refractivity contribution in [2.75, 3.05) is 13.2 Å². The molecule has 0 aromatic carbocycles. The number of carbonyl (C=O) groups is 2. The molecule has 2 atom stereocenters. The van der Waals surface area contributed by atoms with Gasteiger partial charge in [-0.25, -0.2) is 9.59 Å². The molecule has 0 radical (unpaired) electrons. The van der Waals surface area contributed by atoms with Crippen molar-refractivity contribution >= 4 is 12.1 Å². The second-order valence-corrected chi connectivity index (χ2v) is 4.98. The lowest BCUT2D eigenvalue weighted by Gasteiger charge is -2.36. The van der Waals surface area contributed by atoms with E-state index in [1.165, 1.54) is 0 Å². The minimum absolute atomic E-state index is 0.0163. The summed E-state index contributed by atoms with van der Waals surface area (Å²) in [6.07, 6.45) is 3.91. The highest BCUT2D eigenvalue weighted by Gasteiger charge is 2.38. The summed E-state index contributed by atoms with van der Waals surface area (Å²) in [5, 5.41) is 9.03. The zero-order valence-electron chi connectivity index (χ0n) is 10.7. The second-order valence-electron chi connectivity index (χ2n) is 4.98. The van der Waals surface area contributed by atoms with Crippen LogP contribution < -0.4 is 0 Å². The molecule has 0 aromatic heterocycles. The third-order valence-electron chi connectivity index (χ3n) is 2.29. The molecule has 6 heteroatoms. The van der Waals surface area contributed by atoms with Crippen molar-refractivity contribution in [1.29, 1.82) is 0 Å². The van der Waals surface area contributed by atoms with Crippen LogP contribution in [-0.2, 0) is 14.3 Å². The molecule has 1 N–H and O–H groups in total. The molecule has 1 amide bonds. The molecule has 18 heavy (non-hydrogen) atoms. The summed E-state index contributed by atoms with van der Waals surface area (Å²) in [5.74, 6) is 1.20. The van der Waals surface area contributed by atoms with E-state index in [9.17, 15) is 9.59 Å². The van der Waals surface area contributed by atoms with Crippen LogP contribution in [0.2, 0.25) is 0 Å². The van der Waals surface area contributed by atoms with Gasteiger partial charge in [0.2, 0.25) is 0 Å². The third-order valence-corrected chi connectivity index (χ3v) is 2.29. The fourth-order valence-corrected chi connectivity index (χ4v) is 1.48. The van der Waals surface area contributed by atoms with Gasteiger partial charge in [0.05, 0.1) is 13.2 Å². The molecule has 0 spiro atoms. The molecule has 0 aliphatic carbocycles. The predicted molar refractivity (Wildman–Crippen MR) is 62.9 cm³/mol. The Morgan fingerprint density at radius 1 is 1.50 bits per heavy atom. The van der Waals surface area contributed by atoms with Gasteiger partial charge in [0.15, 0.2) is 6.04 Å². The van der Waals surface area contributed by atoms with Crippen molar-refractivity contribution in [3.63, 3.8) is 0 Å². The number of morpholine rings is 1. The Balaban J connectivity index is 2.82. The van der Waals surface area contributed by atoms with E-state index in [1.807, 2.05) is 0 Å². The summed E-state index contributed by atoms with van der Waals surface area (Å²) in [6.45, 7) is 5.01. The first-order valence-corrected chi connectivity index (χ1v) is 5.55. The summed E-state index contributed by atoms with van der Waals surface area (Å²) >= 11 is 0. The fourth-order valence-electron chi connectivity index (χ4n) is 1.48. The Bertz CT molecular complexity index is 379. The topological polar surface area (TPSA) is 76.1 Å². The number of carboxylic acid groups (broad SMARTS) is 1.